The Labute approximate surface area is 230 Å². The van der Waals surface area contributed by atoms with Gasteiger partial charge in [-0.1, -0.05) is 23.5 Å². The van der Waals surface area contributed by atoms with Crippen LogP contribution in [0.25, 0.3) is 20.4 Å². The van der Waals surface area contributed by atoms with E-state index in [2.05, 4.69) is 9.97 Å². The number of rotatable bonds is 9. The molecule has 1 aliphatic rings. The zero-order valence-corrected chi connectivity index (χ0v) is 22.5. The molecule has 0 saturated carbocycles. The number of aliphatic hydroxyl groups excluding tert-OH is 1. The molecular formula is C22H16N4O8S4. The molecule has 16 heteroatoms. The Morgan fingerprint density at radius 3 is 2.21 bits per heavy atom. The number of thiazole rings is 2. The van der Waals surface area contributed by atoms with E-state index in [1.165, 1.54) is 58.7 Å². The van der Waals surface area contributed by atoms with Crippen molar-refractivity contribution in [2.24, 2.45) is 0 Å². The van der Waals surface area contributed by atoms with E-state index in [9.17, 15) is 30.1 Å². The third-order valence-electron chi connectivity index (χ3n) is 5.28. The number of esters is 1. The van der Waals surface area contributed by atoms with Crippen molar-refractivity contribution in [3.63, 3.8) is 0 Å². The van der Waals surface area contributed by atoms with Crippen molar-refractivity contribution in [3.05, 3.63) is 67.3 Å². The summed E-state index contributed by atoms with van der Waals surface area (Å²) in [5, 5.41) is 33.1. The zero-order chi connectivity index (χ0) is 27.0. The molecule has 12 nitrogen and oxygen atoms in total. The molecule has 38 heavy (non-hydrogen) atoms. The predicted molar refractivity (Wildman–Crippen MR) is 144 cm³/mol. The van der Waals surface area contributed by atoms with Crippen molar-refractivity contribution in [1.29, 1.82) is 0 Å². The molecule has 1 aliphatic heterocycles. The second-order valence-electron chi connectivity index (χ2n) is 7.70. The summed E-state index contributed by atoms with van der Waals surface area (Å²) in [5.74, 6) is -0.715. The van der Waals surface area contributed by atoms with Gasteiger partial charge < -0.3 is 14.6 Å². The molecule has 2 aromatic heterocycles. The summed E-state index contributed by atoms with van der Waals surface area (Å²) < 4.78 is 13.3. The van der Waals surface area contributed by atoms with Gasteiger partial charge in [-0.3, -0.25) is 20.2 Å². The minimum absolute atomic E-state index is 0.0261. The van der Waals surface area contributed by atoms with Gasteiger partial charge in [0.1, 0.15) is 11.9 Å². The van der Waals surface area contributed by atoms with Crippen LogP contribution < -0.4 is 0 Å². The maximum Gasteiger partial charge on any atom is 0.343 e. The van der Waals surface area contributed by atoms with Crippen molar-refractivity contribution in [3.8, 4) is 0 Å². The second kappa shape index (κ2) is 10.8. The molecule has 1 N–H and O–H groups in total. The lowest BCUT2D eigenvalue weighted by Crippen LogP contribution is -2.27. The number of carbonyl (C=O) groups is 1. The Balaban J connectivity index is 1.39. The number of ether oxygens (including phenoxy) is 2. The summed E-state index contributed by atoms with van der Waals surface area (Å²) in [6.07, 6.45) is -2.00. The molecule has 196 valence electrons. The van der Waals surface area contributed by atoms with Gasteiger partial charge >= 0.3 is 5.97 Å². The summed E-state index contributed by atoms with van der Waals surface area (Å²) in [6.45, 7) is 1.76. The van der Waals surface area contributed by atoms with Crippen LogP contribution in [0.2, 0.25) is 0 Å². The largest absolute Gasteiger partial charge is 0.508 e. The van der Waals surface area contributed by atoms with Gasteiger partial charge in [0.25, 0.3) is 11.4 Å². The lowest BCUT2D eigenvalue weighted by Gasteiger charge is -2.14. The van der Waals surface area contributed by atoms with E-state index in [1.807, 2.05) is 0 Å². The molecule has 2 atom stereocenters. The van der Waals surface area contributed by atoms with Gasteiger partial charge in [-0.2, -0.15) is 0 Å². The molecule has 0 saturated heterocycles. The number of nitro groups is 2. The van der Waals surface area contributed by atoms with E-state index in [0.29, 0.717) is 34.0 Å². The summed E-state index contributed by atoms with van der Waals surface area (Å²) in [6, 6.07) is 8.80. The quantitative estimate of drug-likeness (QED) is 0.109. The summed E-state index contributed by atoms with van der Waals surface area (Å²) in [5.41, 5.74) is 1.11. The lowest BCUT2D eigenvalue weighted by molar-refractivity contribution is -0.384. The molecule has 0 spiro atoms. The topological polar surface area (TPSA) is 168 Å². The Hall–Kier alpha value is -3.31. The SMILES string of the molecule is CCOC(=O)C1OC(CSc2nc3ccc([N+](=O)[O-])cc3s2)C(Sc2nc3ccc([N+](=O)[O-])cc3s2)=C1O. The molecule has 2 unspecified atom stereocenters. The van der Waals surface area contributed by atoms with E-state index < -0.39 is 28.0 Å². The van der Waals surface area contributed by atoms with Crippen molar-refractivity contribution in [2.75, 3.05) is 12.4 Å². The molecule has 0 radical (unpaired) electrons. The van der Waals surface area contributed by atoms with Gasteiger partial charge in [0.05, 0.1) is 41.8 Å². The van der Waals surface area contributed by atoms with Crippen LogP contribution >= 0.6 is 46.2 Å². The number of carbonyl (C=O) groups excluding carboxylic acids is 1. The standard InChI is InChI=1S/C22H16N4O8S4/c1-2-33-20(28)18-17(27)19(38-22-24-13-6-4-11(26(31)32)8-16(13)37-22)14(34-18)9-35-21-23-12-5-3-10(25(29)30)7-15(12)36-21/h3-8,14,18,27H,2,9H2,1H3. The first kappa shape index (κ1) is 26.3. The lowest BCUT2D eigenvalue weighted by atomic mass is 10.3. The van der Waals surface area contributed by atoms with E-state index in [1.54, 1.807) is 19.1 Å². The van der Waals surface area contributed by atoms with Crippen molar-refractivity contribution >= 4 is 84.0 Å². The number of nitro benzene ring substituents is 2. The average Bonchev–Trinajstić information content (AvgIpc) is 3.57. The van der Waals surface area contributed by atoms with Crippen molar-refractivity contribution in [1.82, 2.24) is 9.97 Å². The molecule has 0 aliphatic carbocycles. The maximum absolute atomic E-state index is 12.4. The number of benzene rings is 2. The fraction of sp³-hybridized carbons (Fsp3) is 0.227. The normalized spacial score (nSPS) is 17.4. The molecule has 4 aromatic rings. The van der Waals surface area contributed by atoms with Crippen LogP contribution in [0.4, 0.5) is 11.4 Å². The van der Waals surface area contributed by atoms with E-state index in [0.717, 1.165) is 11.8 Å². The van der Waals surface area contributed by atoms with Crippen LogP contribution in [0.5, 0.6) is 0 Å². The highest BCUT2D eigenvalue weighted by molar-refractivity contribution is 8.05. The Kier molecular flexibility index (Phi) is 7.49. The number of non-ortho nitro benzene ring substituents is 2. The zero-order valence-electron chi connectivity index (χ0n) is 19.3. The highest BCUT2D eigenvalue weighted by Crippen LogP contribution is 2.44. The van der Waals surface area contributed by atoms with E-state index in [4.69, 9.17) is 9.47 Å². The average molecular weight is 593 g/mol. The molecule has 2 aromatic carbocycles. The number of fused-ring (bicyclic) bond motifs is 2. The van der Waals surface area contributed by atoms with Crippen LogP contribution in [-0.4, -0.2) is 55.5 Å². The fourth-order valence-electron chi connectivity index (χ4n) is 3.56. The second-order valence-corrected chi connectivity index (χ2v) is 12.3. The van der Waals surface area contributed by atoms with E-state index in [-0.39, 0.29) is 29.5 Å². The molecule has 0 amide bonds. The van der Waals surface area contributed by atoms with Crippen LogP contribution in [0.3, 0.4) is 0 Å². The number of hydrogen-bond donors (Lipinski definition) is 1. The van der Waals surface area contributed by atoms with Crippen LogP contribution in [0.15, 0.2) is 55.7 Å². The molecule has 3 heterocycles. The third-order valence-corrected chi connectivity index (χ3v) is 9.77. The van der Waals surface area contributed by atoms with Crippen LogP contribution in [0.1, 0.15) is 6.92 Å². The number of aromatic nitrogens is 2. The summed E-state index contributed by atoms with van der Waals surface area (Å²) in [4.78, 5) is 43.0. The number of aliphatic hydroxyl groups is 1. The first-order valence-electron chi connectivity index (χ1n) is 10.9. The highest BCUT2D eigenvalue weighted by atomic mass is 32.2. The van der Waals surface area contributed by atoms with Gasteiger partial charge in [-0.15, -0.1) is 22.7 Å². The Morgan fingerprint density at radius 1 is 1.05 bits per heavy atom. The van der Waals surface area contributed by atoms with E-state index >= 15 is 0 Å². The number of hydrogen-bond acceptors (Lipinski definition) is 14. The molecule has 0 bridgehead atoms. The molecular weight excluding hydrogens is 577 g/mol. The van der Waals surface area contributed by atoms with Crippen molar-refractivity contribution in [2.45, 2.75) is 27.8 Å². The smallest absolute Gasteiger partial charge is 0.343 e. The summed E-state index contributed by atoms with van der Waals surface area (Å²) in [7, 11) is 0. The number of thioether (sulfide) groups is 2. The van der Waals surface area contributed by atoms with Gasteiger partial charge in [-0.25, -0.2) is 14.8 Å². The summed E-state index contributed by atoms with van der Waals surface area (Å²) >= 11 is 4.95. The highest BCUT2D eigenvalue weighted by Gasteiger charge is 2.41. The van der Waals surface area contributed by atoms with Crippen LogP contribution in [-0.2, 0) is 14.3 Å². The minimum atomic E-state index is -1.29. The van der Waals surface area contributed by atoms with Gasteiger partial charge in [0, 0.05) is 30.0 Å². The monoisotopic (exact) mass is 592 g/mol. The third kappa shape index (κ3) is 5.30. The van der Waals surface area contributed by atoms with Gasteiger partial charge in [0.15, 0.2) is 8.68 Å². The molecule has 5 rings (SSSR count). The Bertz CT molecular complexity index is 1620. The van der Waals surface area contributed by atoms with Gasteiger partial charge in [0.2, 0.25) is 6.10 Å². The van der Waals surface area contributed by atoms with Crippen molar-refractivity contribution < 1.29 is 29.2 Å². The Morgan fingerprint density at radius 2 is 1.63 bits per heavy atom. The minimum Gasteiger partial charge on any atom is -0.508 e. The fourth-order valence-corrected chi connectivity index (χ4v) is 8.06. The van der Waals surface area contributed by atoms with Gasteiger partial charge in [-0.05, 0) is 19.1 Å². The number of nitrogens with zero attached hydrogens (tertiary/aromatic N) is 4. The first-order valence-corrected chi connectivity index (χ1v) is 14.3. The predicted octanol–water partition coefficient (Wildman–Crippen LogP) is 5.71. The molecule has 0 fully saturated rings. The maximum atomic E-state index is 12.4. The van der Waals surface area contributed by atoms with Crippen LogP contribution in [0, 0.1) is 20.2 Å². The first-order chi connectivity index (χ1) is 18.2.